The van der Waals surface area contributed by atoms with Gasteiger partial charge >= 0.3 is 26.2 Å². The molecular formula is C90H84B2Br4F4N14O8. The van der Waals surface area contributed by atoms with Crippen molar-refractivity contribution in [2.24, 2.45) is 28.2 Å². The van der Waals surface area contributed by atoms with Gasteiger partial charge in [0.2, 0.25) is 0 Å². The maximum atomic E-state index is 15.7. The van der Waals surface area contributed by atoms with Gasteiger partial charge in [-0.25, -0.2) is 57.1 Å². The second kappa shape index (κ2) is 42.1. The van der Waals surface area contributed by atoms with Crippen LogP contribution in [0.15, 0.2) is 262 Å². The van der Waals surface area contributed by atoms with Crippen LogP contribution in [-0.2, 0) is 63.8 Å². The fourth-order valence-corrected chi connectivity index (χ4v) is 13.9. The molecule has 0 atom stereocenters. The number of rotatable bonds is 18. The summed E-state index contributed by atoms with van der Waals surface area (Å²) in [4.78, 5) is 61.9. The van der Waals surface area contributed by atoms with Gasteiger partial charge in [-0.1, -0.05) is 133 Å². The molecule has 8 heterocycles. The number of imidazole rings is 4. The van der Waals surface area contributed by atoms with E-state index in [4.69, 9.17) is 24.5 Å². The van der Waals surface area contributed by atoms with Crippen LogP contribution in [0.1, 0.15) is 65.7 Å². The van der Waals surface area contributed by atoms with Crippen LogP contribution in [-0.4, -0.2) is 119 Å². The summed E-state index contributed by atoms with van der Waals surface area (Å²) in [7, 11) is 7.01. The predicted octanol–water partition coefficient (Wildman–Crippen LogP) is 17.7. The summed E-state index contributed by atoms with van der Waals surface area (Å²) in [5.74, 6) is 0.989. The van der Waals surface area contributed by atoms with E-state index < -0.39 is 37.8 Å². The highest BCUT2D eigenvalue weighted by Gasteiger charge is 2.27. The third-order valence-corrected chi connectivity index (χ3v) is 22.5. The standard InChI is InChI=1S/C34H30FN5O2.C23H22BN3O4.2C11H10BrFN2.C6H5BBrFO2.C5H7BrN2/c1-22-18-36-32(39(22)2)25-14-15-26(29(35)16-25)30-17-27-28(34(41)42-3)19-37-33(31(27)38-30)40(20-23-10-6-4-7-11-23)21-24-12-8-5-9-13-24;1-31-23(28)19-13-25-22(21-18(19)12-20(26-21)24(29)30)27(14-16-8-4-2-5-9-16)15-17-10-6-3-7-11-17;2*1-7-6-14-11(15(7)2)8-3-4-9(12)10(13)5-8;8-5-2-1-4(7(10)11)3-6(5)9;1-4-3-7-5(6)8(4)2/h4-19,38H,20-21H2,1-3H3;2-13,26,29-30H,14-15H2,1H3;2*3-6H,1-2H3;1-3,10-11H;3H,1-2H3. The first-order chi connectivity index (χ1) is 58.5. The minimum atomic E-state index is -1.71. The molecule has 0 saturated carbocycles. The Morgan fingerprint density at radius 1 is 0.402 bits per heavy atom. The number of nitrogens with zero attached hydrogens (tertiary/aromatic N) is 12. The lowest BCUT2D eigenvalue weighted by atomic mass is 9.80. The number of fused-ring (bicyclic) bond motifs is 2. The number of methoxy groups -OCH3 is 2. The smallest absolute Gasteiger partial charge is 0.465 e. The van der Waals surface area contributed by atoms with Crippen molar-refractivity contribution >= 4 is 134 Å². The minimum Gasteiger partial charge on any atom is -0.465 e. The number of pyridine rings is 2. The summed E-state index contributed by atoms with van der Waals surface area (Å²) < 4.78 is 74.8. The van der Waals surface area contributed by atoms with E-state index in [-0.39, 0.29) is 28.3 Å². The first-order valence-corrected chi connectivity index (χ1v) is 41.0. The SMILES string of the molecule is COC(=O)c1cnc(N(Cc2ccccc2)Cc2ccccc2)c2[nH]c(-c3ccc(-c4ncc(C)n4C)cc3F)cc12.COC(=O)c1cnc(N(Cc2ccccc2)Cc2ccccc2)c2[nH]c(B(O)O)cc12.Cc1cnc(-c2ccc(Br)c(F)c2)n1C.Cc1cnc(-c2ccc(Br)c(F)c2)n1C.Cc1cnc(Br)n1C.OB(O)c1ccc(Br)c(F)c1. The van der Waals surface area contributed by atoms with Crippen molar-refractivity contribution in [1.29, 1.82) is 0 Å². The number of esters is 2. The van der Waals surface area contributed by atoms with Gasteiger partial charge < -0.3 is 67.6 Å². The Morgan fingerprint density at radius 2 is 0.746 bits per heavy atom. The molecule has 32 heteroatoms. The fourth-order valence-electron chi connectivity index (χ4n) is 12.7. The van der Waals surface area contributed by atoms with Gasteiger partial charge in [0.05, 0.1) is 49.8 Å². The van der Waals surface area contributed by atoms with Crippen LogP contribution in [0.2, 0.25) is 0 Å². The quantitative estimate of drug-likeness (QED) is 0.0265. The van der Waals surface area contributed by atoms with Gasteiger partial charge in [0, 0.05) is 159 Å². The number of carbonyl (C=O) groups excluding carboxylic acids is 2. The zero-order valence-electron chi connectivity index (χ0n) is 67.9. The van der Waals surface area contributed by atoms with Crippen LogP contribution < -0.4 is 20.9 Å². The molecule has 122 heavy (non-hydrogen) atoms. The number of hydrogen-bond acceptors (Lipinski definition) is 16. The van der Waals surface area contributed by atoms with Crippen molar-refractivity contribution in [3.63, 3.8) is 0 Å². The average Bonchev–Trinajstić information content (AvgIpc) is 1.61. The molecular weight excluding hydrogens is 1820 g/mol. The third kappa shape index (κ3) is 22.6. The van der Waals surface area contributed by atoms with E-state index in [2.05, 4.69) is 133 Å². The predicted molar refractivity (Wildman–Crippen MR) is 484 cm³/mol. The Labute approximate surface area is 736 Å². The van der Waals surface area contributed by atoms with Gasteiger partial charge in [-0.05, 0) is 192 Å². The highest BCUT2D eigenvalue weighted by atomic mass is 79.9. The number of aromatic amines is 2. The van der Waals surface area contributed by atoms with E-state index in [0.29, 0.717) is 101 Å². The van der Waals surface area contributed by atoms with E-state index >= 15 is 4.39 Å². The van der Waals surface area contributed by atoms with Crippen LogP contribution in [0, 0.1) is 51.0 Å². The molecule has 16 aromatic rings. The second-order valence-corrected chi connectivity index (χ2v) is 31.3. The summed E-state index contributed by atoms with van der Waals surface area (Å²) in [6.07, 6.45) is 10.1. The molecule has 0 unspecified atom stereocenters. The van der Waals surface area contributed by atoms with Gasteiger partial charge in [0.25, 0.3) is 0 Å². The lowest BCUT2D eigenvalue weighted by Gasteiger charge is -2.25. The Hall–Kier alpha value is -11.9. The van der Waals surface area contributed by atoms with Gasteiger partial charge in [-0.3, -0.25) is 0 Å². The number of H-pyrrole nitrogens is 2. The average molecular weight is 1910 g/mol. The molecule has 16 rings (SSSR count). The first kappa shape index (κ1) is 90.9. The lowest BCUT2D eigenvalue weighted by Crippen LogP contribution is -2.30. The number of nitrogens with one attached hydrogen (secondary N) is 2. The Morgan fingerprint density at radius 3 is 1.06 bits per heavy atom. The van der Waals surface area contributed by atoms with Crippen molar-refractivity contribution in [2.75, 3.05) is 24.0 Å². The van der Waals surface area contributed by atoms with Gasteiger partial charge in [0.1, 0.15) is 40.7 Å². The zero-order valence-corrected chi connectivity index (χ0v) is 74.2. The summed E-state index contributed by atoms with van der Waals surface area (Å²) in [6.45, 7) is 10.2. The molecule has 0 aliphatic rings. The van der Waals surface area contributed by atoms with E-state index in [9.17, 15) is 32.8 Å². The molecule has 0 fully saturated rings. The maximum Gasteiger partial charge on any atom is 0.505 e. The van der Waals surface area contributed by atoms with Crippen LogP contribution in [0.5, 0.6) is 0 Å². The van der Waals surface area contributed by atoms with Crippen LogP contribution in [0.25, 0.3) is 67.2 Å². The molecule has 0 radical (unpaired) electrons. The van der Waals surface area contributed by atoms with Crippen LogP contribution in [0.3, 0.4) is 0 Å². The van der Waals surface area contributed by atoms with Crippen molar-refractivity contribution < 1.29 is 56.7 Å². The van der Waals surface area contributed by atoms with Crippen molar-refractivity contribution in [1.82, 2.24) is 58.1 Å². The van der Waals surface area contributed by atoms with Crippen LogP contribution in [0.4, 0.5) is 29.2 Å². The number of anilines is 2. The molecule has 0 spiro atoms. The normalized spacial score (nSPS) is 10.7. The van der Waals surface area contributed by atoms with Crippen molar-refractivity contribution in [2.45, 2.75) is 53.9 Å². The van der Waals surface area contributed by atoms with Crippen molar-refractivity contribution in [3.8, 4) is 45.4 Å². The molecule has 8 aromatic heterocycles. The molecule has 0 amide bonds. The van der Waals surface area contributed by atoms with Gasteiger partial charge in [0.15, 0.2) is 16.4 Å². The fraction of sp³-hybridized carbons (Fsp3) is 0.156. The molecule has 0 saturated heterocycles. The largest absolute Gasteiger partial charge is 0.505 e. The number of aromatic nitrogens is 12. The number of halogens is 8. The molecule has 8 aromatic carbocycles. The Kier molecular flexibility index (Phi) is 31.3. The monoisotopic (exact) mass is 1900 g/mol. The number of ether oxygens (including phenoxy) is 2. The van der Waals surface area contributed by atoms with E-state index in [1.807, 2.05) is 196 Å². The molecule has 0 bridgehead atoms. The number of hydrogen-bond donors (Lipinski definition) is 6. The molecule has 0 aliphatic heterocycles. The Bertz CT molecular complexity index is 6080. The summed E-state index contributed by atoms with van der Waals surface area (Å²) >= 11 is 12.5. The number of benzene rings is 8. The Balaban J connectivity index is 0.000000157. The molecule has 0 aliphatic carbocycles. The van der Waals surface area contributed by atoms with Gasteiger partial charge in [-0.2, -0.15) is 0 Å². The molecule has 6 N–H and O–H groups in total. The highest BCUT2D eigenvalue weighted by Crippen LogP contribution is 2.37. The maximum absolute atomic E-state index is 15.7. The van der Waals surface area contributed by atoms with E-state index in [1.54, 1.807) is 48.9 Å². The summed E-state index contributed by atoms with van der Waals surface area (Å²) in [5, 5.41) is 37.7. The zero-order chi connectivity index (χ0) is 87.6. The second-order valence-electron chi connectivity index (χ2n) is 28.1. The molecule has 624 valence electrons. The number of carbonyl (C=O) groups is 2. The first-order valence-electron chi connectivity index (χ1n) is 37.8. The highest BCUT2D eigenvalue weighted by molar-refractivity contribution is 9.11. The van der Waals surface area contributed by atoms with Crippen molar-refractivity contribution in [3.05, 3.63) is 341 Å². The topological polar surface area (TPSA) is 269 Å². The van der Waals surface area contributed by atoms with E-state index in [0.717, 1.165) is 78.6 Å². The van der Waals surface area contributed by atoms with E-state index in [1.165, 1.54) is 56.9 Å². The lowest BCUT2D eigenvalue weighted by molar-refractivity contribution is 0.0593. The summed E-state index contributed by atoms with van der Waals surface area (Å²) in [6, 6.07) is 62.6. The minimum absolute atomic E-state index is 0.144. The molecule has 22 nitrogen and oxygen atoms in total. The number of aryl methyl sites for hydroxylation is 4. The van der Waals surface area contributed by atoms with Gasteiger partial charge in [-0.15, -0.1) is 0 Å². The summed E-state index contributed by atoms with van der Waals surface area (Å²) in [5.41, 5.74) is 13.9. The van der Waals surface area contributed by atoms with Crippen LogP contribution >= 0.6 is 63.7 Å². The third-order valence-electron chi connectivity index (χ3n) is 19.8.